The lowest BCUT2D eigenvalue weighted by atomic mass is 10.3. The zero-order chi connectivity index (χ0) is 16.1. The molecule has 1 aliphatic heterocycles. The summed E-state index contributed by atoms with van der Waals surface area (Å²) in [4.78, 5) is 14.9. The molecule has 0 atom stereocenters. The number of guanidine groups is 1. The lowest BCUT2D eigenvalue weighted by Gasteiger charge is -2.37. The van der Waals surface area contributed by atoms with Crippen LogP contribution in [0.4, 0.5) is 5.00 Å². The normalized spacial score (nSPS) is 15.3. The van der Waals surface area contributed by atoms with E-state index < -0.39 is 0 Å². The molecule has 3 heterocycles. The maximum atomic E-state index is 4.43. The summed E-state index contributed by atoms with van der Waals surface area (Å²) < 4.78 is 0. The standard InChI is InChI=1S/C16H23N5S2.HI/c1-13-12-19-14(23-13)5-6-18-16(17-2)21-9-7-20(8-10-21)15-4-3-11-22-15;/h3-4,11-12H,5-10H2,1-2H3,(H,17,18);1H. The minimum Gasteiger partial charge on any atom is -0.360 e. The minimum absolute atomic E-state index is 0. The largest absolute Gasteiger partial charge is 0.360 e. The molecule has 5 nitrogen and oxygen atoms in total. The lowest BCUT2D eigenvalue weighted by molar-refractivity contribution is 0.374. The van der Waals surface area contributed by atoms with Gasteiger partial charge in [0.05, 0.1) is 10.0 Å². The van der Waals surface area contributed by atoms with E-state index in [0.29, 0.717) is 0 Å². The average Bonchev–Trinajstić information content (AvgIpc) is 3.24. The molecule has 2 aromatic rings. The maximum Gasteiger partial charge on any atom is 0.193 e. The average molecular weight is 477 g/mol. The van der Waals surface area contributed by atoms with E-state index in [2.05, 4.69) is 49.5 Å². The number of thiazole rings is 1. The van der Waals surface area contributed by atoms with Crippen molar-refractivity contribution in [1.29, 1.82) is 0 Å². The molecule has 8 heteroatoms. The fraction of sp³-hybridized carbons (Fsp3) is 0.500. The molecule has 2 aromatic heterocycles. The smallest absolute Gasteiger partial charge is 0.193 e. The maximum absolute atomic E-state index is 4.43. The Morgan fingerprint density at radius 2 is 2.12 bits per heavy atom. The summed E-state index contributed by atoms with van der Waals surface area (Å²) in [6, 6.07) is 4.32. The molecule has 0 unspecified atom stereocenters. The van der Waals surface area contributed by atoms with Crippen molar-refractivity contribution >= 4 is 57.6 Å². The quantitative estimate of drug-likeness (QED) is 0.418. The first-order valence-electron chi connectivity index (χ1n) is 7.91. The molecule has 0 aromatic carbocycles. The molecule has 24 heavy (non-hydrogen) atoms. The Morgan fingerprint density at radius 1 is 1.33 bits per heavy atom. The second-order valence-corrected chi connectivity index (χ2v) is 7.76. The van der Waals surface area contributed by atoms with Gasteiger partial charge in [-0.05, 0) is 24.4 Å². The molecule has 1 fully saturated rings. The predicted molar refractivity (Wildman–Crippen MR) is 115 cm³/mol. The van der Waals surface area contributed by atoms with E-state index in [0.717, 1.165) is 45.1 Å². The summed E-state index contributed by atoms with van der Waals surface area (Å²) in [5.74, 6) is 1.00. The highest BCUT2D eigenvalue weighted by atomic mass is 127. The molecule has 0 spiro atoms. The van der Waals surface area contributed by atoms with Gasteiger partial charge in [-0.1, -0.05) is 0 Å². The second-order valence-electron chi connectivity index (χ2n) is 5.51. The van der Waals surface area contributed by atoms with Crippen molar-refractivity contribution in [2.24, 2.45) is 4.99 Å². The monoisotopic (exact) mass is 477 g/mol. The van der Waals surface area contributed by atoms with E-state index in [4.69, 9.17) is 0 Å². The van der Waals surface area contributed by atoms with E-state index in [1.807, 2.05) is 24.6 Å². The first kappa shape index (κ1) is 19.5. The SMILES string of the molecule is CN=C(NCCc1ncc(C)s1)N1CCN(c2cccs2)CC1.I. The third kappa shape index (κ3) is 5.06. The van der Waals surface area contributed by atoms with Gasteiger partial charge in [-0.15, -0.1) is 46.7 Å². The third-order valence-electron chi connectivity index (χ3n) is 3.90. The number of thiophene rings is 1. The van der Waals surface area contributed by atoms with E-state index in [9.17, 15) is 0 Å². The summed E-state index contributed by atoms with van der Waals surface area (Å²) in [7, 11) is 1.86. The van der Waals surface area contributed by atoms with E-state index in [1.165, 1.54) is 14.9 Å². The van der Waals surface area contributed by atoms with Crippen molar-refractivity contribution in [3.8, 4) is 0 Å². The molecule has 3 rings (SSSR count). The zero-order valence-corrected chi connectivity index (χ0v) is 18.0. The van der Waals surface area contributed by atoms with E-state index in [1.54, 1.807) is 11.3 Å². The molecule has 1 aliphatic rings. The van der Waals surface area contributed by atoms with Crippen LogP contribution in [-0.4, -0.2) is 55.6 Å². The number of rotatable bonds is 4. The van der Waals surface area contributed by atoms with Crippen LogP contribution in [0.15, 0.2) is 28.7 Å². The van der Waals surface area contributed by atoms with E-state index >= 15 is 0 Å². The van der Waals surface area contributed by atoms with Crippen LogP contribution in [0.5, 0.6) is 0 Å². The van der Waals surface area contributed by atoms with Crippen LogP contribution in [0, 0.1) is 6.92 Å². The van der Waals surface area contributed by atoms with Gasteiger partial charge in [0.1, 0.15) is 0 Å². The highest BCUT2D eigenvalue weighted by Gasteiger charge is 2.20. The number of hydrogen-bond donors (Lipinski definition) is 1. The second kappa shape index (κ2) is 9.57. The molecule has 0 amide bonds. The van der Waals surface area contributed by atoms with Crippen molar-refractivity contribution in [3.63, 3.8) is 0 Å². The number of aliphatic imine (C=N–C) groups is 1. The predicted octanol–water partition coefficient (Wildman–Crippen LogP) is 3.07. The van der Waals surface area contributed by atoms with Crippen molar-refractivity contribution in [2.75, 3.05) is 44.7 Å². The molecule has 1 N–H and O–H groups in total. The van der Waals surface area contributed by atoms with Crippen LogP contribution in [0.25, 0.3) is 0 Å². The zero-order valence-electron chi connectivity index (χ0n) is 14.1. The fourth-order valence-electron chi connectivity index (χ4n) is 2.72. The highest BCUT2D eigenvalue weighted by Crippen LogP contribution is 2.22. The number of nitrogens with zero attached hydrogens (tertiary/aromatic N) is 4. The minimum atomic E-state index is 0. The van der Waals surface area contributed by atoms with Gasteiger partial charge in [-0.25, -0.2) is 4.98 Å². The molecular weight excluding hydrogens is 453 g/mol. The summed E-state index contributed by atoms with van der Waals surface area (Å²) in [5, 5.41) is 8.17. The van der Waals surface area contributed by atoms with Gasteiger partial charge in [0.2, 0.25) is 0 Å². The Kier molecular flexibility index (Phi) is 7.76. The Bertz CT molecular complexity index is 633. The number of aryl methyl sites for hydroxylation is 1. The number of aromatic nitrogens is 1. The van der Waals surface area contributed by atoms with Crippen molar-refractivity contribution in [2.45, 2.75) is 13.3 Å². The number of piperazine rings is 1. The van der Waals surface area contributed by atoms with Crippen molar-refractivity contribution in [1.82, 2.24) is 15.2 Å². The van der Waals surface area contributed by atoms with Crippen LogP contribution in [-0.2, 0) is 6.42 Å². The Balaban J connectivity index is 0.00000208. The molecule has 0 radical (unpaired) electrons. The van der Waals surface area contributed by atoms with Gasteiger partial charge < -0.3 is 15.1 Å². The lowest BCUT2D eigenvalue weighted by Crippen LogP contribution is -2.52. The number of halogens is 1. The number of nitrogens with one attached hydrogen (secondary N) is 1. The Hall–Kier alpha value is -0.870. The van der Waals surface area contributed by atoms with Crippen LogP contribution in [0.1, 0.15) is 9.88 Å². The molecule has 0 aliphatic carbocycles. The summed E-state index contributed by atoms with van der Waals surface area (Å²) in [6.07, 6.45) is 2.89. The molecule has 132 valence electrons. The summed E-state index contributed by atoms with van der Waals surface area (Å²) in [5.41, 5.74) is 0. The van der Waals surface area contributed by atoms with Crippen LogP contribution in [0.2, 0.25) is 0 Å². The van der Waals surface area contributed by atoms with Gasteiger partial charge in [-0.2, -0.15) is 0 Å². The highest BCUT2D eigenvalue weighted by molar-refractivity contribution is 14.0. The third-order valence-corrected chi connectivity index (χ3v) is 5.80. The molecule has 0 saturated carbocycles. The molecule has 0 bridgehead atoms. The van der Waals surface area contributed by atoms with Crippen LogP contribution >= 0.6 is 46.7 Å². The Morgan fingerprint density at radius 3 is 2.71 bits per heavy atom. The first-order chi connectivity index (χ1) is 11.3. The van der Waals surface area contributed by atoms with Gasteiger partial charge in [-0.3, -0.25) is 4.99 Å². The number of hydrogen-bond acceptors (Lipinski definition) is 5. The molecular formula is C16H24IN5S2. The summed E-state index contributed by atoms with van der Waals surface area (Å²) in [6.45, 7) is 7.09. The van der Waals surface area contributed by atoms with Crippen molar-refractivity contribution < 1.29 is 0 Å². The topological polar surface area (TPSA) is 43.8 Å². The van der Waals surface area contributed by atoms with Crippen molar-refractivity contribution in [3.05, 3.63) is 33.6 Å². The van der Waals surface area contributed by atoms with E-state index in [-0.39, 0.29) is 24.0 Å². The van der Waals surface area contributed by atoms with Crippen LogP contribution in [0.3, 0.4) is 0 Å². The molecule has 1 saturated heterocycles. The van der Waals surface area contributed by atoms with Gasteiger partial charge >= 0.3 is 0 Å². The van der Waals surface area contributed by atoms with Crippen LogP contribution < -0.4 is 10.2 Å². The number of anilines is 1. The first-order valence-corrected chi connectivity index (χ1v) is 9.61. The van der Waals surface area contributed by atoms with Gasteiger partial charge in [0.25, 0.3) is 0 Å². The Labute approximate surface area is 168 Å². The summed E-state index contributed by atoms with van der Waals surface area (Å²) >= 11 is 3.59. The fourth-order valence-corrected chi connectivity index (χ4v) is 4.29. The van der Waals surface area contributed by atoms with Gasteiger partial charge in [0.15, 0.2) is 5.96 Å². The van der Waals surface area contributed by atoms with Gasteiger partial charge in [0, 0.05) is 57.3 Å².